The molecule has 0 unspecified atom stereocenters. The molecule has 0 N–H and O–H groups in total. The van der Waals surface area contributed by atoms with Gasteiger partial charge in [0.15, 0.2) is 0 Å². The third-order valence-corrected chi connectivity index (χ3v) is 8.25. The fraction of sp³-hybridized carbons (Fsp3) is 0.0400. The summed E-state index contributed by atoms with van der Waals surface area (Å²) in [6.07, 6.45) is 8.31. The van der Waals surface area contributed by atoms with Crippen molar-refractivity contribution >= 4 is 40.6 Å². The molecule has 0 bridgehead atoms. The van der Waals surface area contributed by atoms with Crippen LogP contribution in [0.15, 0.2) is 194 Å². The van der Waals surface area contributed by atoms with E-state index in [2.05, 4.69) is 191 Å². The predicted octanol–water partition coefficient (Wildman–Crippen LogP) is 14.0. The molecule has 8 aromatic rings. The predicted molar refractivity (Wildman–Crippen MR) is 229 cm³/mol. The summed E-state index contributed by atoms with van der Waals surface area (Å²) < 4.78 is 0. The number of hydrogen-bond acceptors (Lipinski definition) is 0. The van der Waals surface area contributed by atoms with Crippen LogP contribution >= 0.6 is 0 Å². The number of allylic oxidation sites excluding steroid dienone is 2. The third-order valence-electron chi connectivity index (χ3n) is 8.25. The minimum atomic E-state index is 0. The van der Waals surface area contributed by atoms with Gasteiger partial charge >= 0.3 is 30.2 Å². The molecule has 0 heterocycles. The Morgan fingerprint density at radius 2 is 0.750 bits per heavy atom. The van der Waals surface area contributed by atoms with Gasteiger partial charge in [0, 0.05) is 0 Å². The summed E-state index contributed by atoms with van der Waals surface area (Å²) in [5, 5.41) is 5.37. The fourth-order valence-electron chi connectivity index (χ4n) is 5.97. The monoisotopic (exact) mass is 764 g/mol. The van der Waals surface area contributed by atoms with Gasteiger partial charge < -0.3 is 14.9 Å². The van der Waals surface area contributed by atoms with E-state index in [1.807, 2.05) is 36.4 Å². The summed E-state index contributed by atoms with van der Waals surface area (Å²) in [5.41, 5.74) is 10.3. The first-order valence-electron chi connectivity index (χ1n) is 16.8. The molecule has 8 aromatic carbocycles. The molecule has 0 atom stereocenters. The summed E-state index contributed by atoms with van der Waals surface area (Å²) >= 11 is 1.36. The number of fused-ring (bicyclic) bond motifs is 2. The summed E-state index contributed by atoms with van der Waals surface area (Å²) in [4.78, 5) is 0. The van der Waals surface area contributed by atoms with E-state index in [4.69, 9.17) is 0 Å². The van der Waals surface area contributed by atoms with E-state index in [-0.39, 0.29) is 14.9 Å². The summed E-state index contributed by atoms with van der Waals surface area (Å²) in [5.74, 6) is 0. The van der Waals surface area contributed by atoms with Crippen molar-refractivity contribution in [3.63, 3.8) is 0 Å². The van der Waals surface area contributed by atoms with Gasteiger partial charge in [-0.25, -0.2) is 0 Å². The molecule has 0 saturated heterocycles. The normalized spacial score (nSPS) is 10.2. The molecule has 0 spiro atoms. The van der Waals surface area contributed by atoms with Crippen molar-refractivity contribution in [2.75, 3.05) is 0 Å². The van der Waals surface area contributed by atoms with Crippen LogP contribution in [0.1, 0.15) is 22.3 Å². The van der Waals surface area contributed by atoms with Crippen LogP contribution in [0.5, 0.6) is 0 Å². The van der Waals surface area contributed by atoms with Gasteiger partial charge in [0.2, 0.25) is 0 Å². The Morgan fingerprint density at radius 3 is 1.10 bits per heavy atom. The van der Waals surface area contributed by atoms with Crippen LogP contribution < -0.4 is 0 Å². The Morgan fingerprint density at radius 1 is 0.423 bits per heavy atom. The Hall–Kier alpha value is -4.88. The Kier molecular flexibility index (Phi) is 17.7. The van der Waals surface area contributed by atoms with Gasteiger partial charge in [-0.15, -0.1) is 69.1 Å². The molecule has 0 aromatic heterocycles. The first-order valence-corrected chi connectivity index (χ1v) is 21.0. The first kappa shape index (κ1) is 41.5. The Balaban J connectivity index is 0.000000201. The van der Waals surface area contributed by atoms with E-state index in [9.17, 15) is 0 Å². The van der Waals surface area contributed by atoms with Crippen molar-refractivity contribution in [2.24, 2.45) is 0 Å². The van der Waals surface area contributed by atoms with Crippen LogP contribution in [0.3, 0.4) is 0 Å². The molecule has 0 aliphatic carbocycles. The van der Waals surface area contributed by atoms with E-state index in [0.717, 1.165) is 0 Å². The van der Waals surface area contributed by atoms with Gasteiger partial charge in [-0.05, 0) is 22.3 Å². The van der Waals surface area contributed by atoms with Crippen LogP contribution in [0, 0.1) is 28.7 Å². The van der Waals surface area contributed by atoms with Gasteiger partial charge in [-0.2, -0.15) is 12.1 Å². The third kappa shape index (κ3) is 11.8. The van der Waals surface area contributed by atoms with E-state index in [0.29, 0.717) is 0 Å². The second kappa shape index (κ2) is 22.1. The maximum atomic E-state index is 3.06. The van der Waals surface area contributed by atoms with E-state index < -0.39 is 0 Å². The first-order chi connectivity index (χ1) is 24.6. The molecule has 0 saturated carbocycles. The summed E-state index contributed by atoms with van der Waals surface area (Å²) in [7, 11) is 0. The number of aryl methyl sites for hydroxylation is 2. The van der Waals surface area contributed by atoms with Crippen LogP contribution in [-0.4, -0.2) is 6.88 Å². The molecule has 52 heavy (non-hydrogen) atoms. The molecule has 258 valence electrons. The zero-order valence-corrected chi connectivity index (χ0v) is 34.1. The second-order valence-electron chi connectivity index (χ2n) is 12.0. The Bertz CT molecular complexity index is 2080. The van der Waals surface area contributed by atoms with Crippen molar-refractivity contribution in [3.05, 3.63) is 231 Å². The van der Waals surface area contributed by atoms with E-state index >= 15 is 0 Å². The number of hydrogen-bond donors (Lipinski definition) is 0. The van der Waals surface area contributed by atoms with Crippen molar-refractivity contribution in [3.8, 4) is 22.3 Å². The molecule has 2 heteroatoms. The van der Waals surface area contributed by atoms with Crippen LogP contribution in [-0.2, 0) is 23.3 Å². The fourth-order valence-corrected chi connectivity index (χ4v) is 5.97. The summed E-state index contributed by atoms with van der Waals surface area (Å²) in [6.45, 7) is 7.36. The molecule has 0 nitrogen and oxygen atoms in total. The second-order valence-corrected chi connectivity index (χ2v) is 12.0. The van der Waals surface area contributed by atoms with E-state index in [1.165, 1.54) is 89.4 Å². The van der Waals surface area contributed by atoms with Gasteiger partial charge in [0.1, 0.15) is 0 Å². The average molecular weight is 766 g/mol. The standard InChI is InChI=1S/2C16H13.C16H14.2CH3.Si.Zr/c2*1-12-10-14-8-5-9-15(16(14)11-12)13-6-3-2-4-7-13;1-3-9-15(10-4-1)13-7-8-14-16-11-5-2-6-12-16;;;;/h2*2-11H,1H3;1-14H;2*1H3;;/q2*-1;;2*-1;;. The molecule has 0 aliphatic heterocycles. The van der Waals surface area contributed by atoms with Crippen LogP contribution in [0.2, 0.25) is 0 Å². The maximum absolute atomic E-state index is 3.06. The molecule has 0 amide bonds. The van der Waals surface area contributed by atoms with Crippen molar-refractivity contribution in [1.29, 1.82) is 0 Å². The topological polar surface area (TPSA) is 0 Å². The van der Waals surface area contributed by atoms with Crippen LogP contribution in [0.25, 0.3) is 56.0 Å². The van der Waals surface area contributed by atoms with Crippen LogP contribution in [0.4, 0.5) is 0 Å². The van der Waals surface area contributed by atoms with Gasteiger partial charge in [-0.3, -0.25) is 0 Å². The zero-order valence-electron chi connectivity index (χ0n) is 30.6. The zero-order chi connectivity index (χ0) is 35.0. The SMILES string of the molecule is C(C=Cc1ccccc1)=Cc1ccccc1.Cc1cc2c(-c3ccccc3)cccc2[cH-]1.Cc1cc2c(-c3ccccc3)cccc2[cH-]1.[CH3-].[CH3-].[Si]=[Zr]. The molecule has 8 rings (SSSR count). The molecular weight excluding hydrogens is 720 g/mol. The van der Waals surface area contributed by atoms with Gasteiger partial charge in [0.25, 0.3) is 0 Å². The van der Waals surface area contributed by atoms with Gasteiger partial charge in [-0.1, -0.05) is 183 Å². The Labute approximate surface area is 329 Å². The quantitative estimate of drug-likeness (QED) is 0.0930. The molecule has 0 fully saturated rings. The van der Waals surface area contributed by atoms with Crippen molar-refractivity contribution < 1.29 is 23.3 Å². The van der Waals surface area contributed by atoms with Crippen molar-refractivity contribution in [2.45, 2.75) is 13.8 Å². The average Bonchev–Trinajstić information content (AvgIpc) is 3.77. The molecular formula is C50H46SiZr-4. The summed E-state index contributed by atoms with van der Waals surface area (Å²) in [6, 6.07) is 63.7. The van der Waals surface area contributed by atoms with E-state index in [1.54, 1.807) is 0 Å². The molecule has 2 radical (unpaired) electrons. The van der Waals surface area contributed by atoms with Gasteiger partial charge in [0.05, 0.1) is 0 Å². The number of benzene rings is 6. The molecule has 0 aliphatic rings. The number of rotatable bonds is 5. The minimum absolute atomic E-state index is 0. The van der Waals surface area contributed by atoms with Crippen molar-refractivity contribution in [1.82, 2.24) is 0 Å².